The van der Waals surface area contributed by atoms with Gasteiger partial charge in [0, 0.05) is 11.2 Å². The minimum Gasteiger partial charge on any atom is -0.458 e. The summed E-state index contributed by atoms with van der Waals surface area (Å²) < 4.78 is 5.48. The molecule has 1 atom stereocenters. The molecule has 0 saturated heterocycles. The van der Waals surface area contributed by atoms with Crippen LogP contribution in [0.1, 0.15) is 37.9 Å². The first-order chi connectivity index (χ1) is 11.7. The molecule has 0 aliphatic heterocycles. The van der Waals surface area contributed by atoms with Gasteiger partial charge in [-0.1, -0.05) is 53.0 Å². The van der Waals surface area contributed by atoms with E-state index < -0.39 is 17.6 Å². The second-order valence-electron chi connectivity index (χ2n) is 6.44. The Morgan fingerprint density at radius 3 is 2.24 bits per heavy atom. The van der Waals surface area contributed by atoms with Crippen LogP contribution in [0.3, 0.4) is 0 Å². The highest BCUT2D eigenvalue weighted by molar-refractivity contribution is 6.42. The maximum Gasteiger partial charge on any atom is 0.336 e. The molecule has 3 nitrogen and oxygen atoms in total. The lowest BCUT2D eigenvalue weighted by atomic mass is 10.1. The van der Waals surface area contributed by atoms with E-state index in [1.807, 2.05) is 12.1 Å². The average Bonchev–Trinajstić information content (AvgIpc) is 2.51. The van der Waals surface area contributed by atoms with Crippen LogP contribution in [0, 0.1) is 0 Å². The zero-order valence-electron chi connectivity index (χ0n) is 14.1. The van der Waals surface area contributed by atoms with Crippen LogP contribution in [0.4, 0.5) is 0 Å². The van der Waals surface area contributed by atoms with Crippen LogP contribution in [-0.4, -0.2) is 17.8 Å². The fourth-order valence-electron chi connectivity index (χ4n) is 2.03. The normalized spacial score (nSPS) is 13.0. The minimum atomic E-state index is -0.843. The van der Waals surface area contributed by atoms with Gasteiger partial charge in [0.15, 0.2) is 6.04 Å². The van der Waals surface area contributed by atoms with E-state index in [9.17, 15) is 4.79 Å². The first kappa shape index (κ1) is 19.8. The summed E-state index contributed by atoms with van der Waals surface area (Å²) in [7, 11) is 0. The summed E-state index contributed by atoms with van der Waals surface area (Å²) in [6, 6.07) is 11.3. The van der Waals surface area contributed by atoms with Crippen molar-refractivity contribution in [3.8, 4) is 0 Å². The Morgan fingerprint density at radius 1 is 1.04 bits per heavy atom. The Morgan fingerprint density at radius 2 is 1.68 bits per heavy atom. The first-order valence-corrected chi connectivity index (χ1v) is 8.76. The molecular formula is C19H18Cl3NO2. The number of ether oxygens (including phenoxy) is 1. The molecule has 0 amide bonds. The van der Waals surface area contributed by atoms with Crippen molar-refractivity contribution in [2.45, 2.75) is 32.4 Å². The van der Waals surface area contributed by atoms with Crippen molar-refractivity contribution < 1.29 is 9.53 Å². The molecule has 0 spiro atoms. The second kappa shape index (κ2) is 8.22. The molecule has 0 fully saturated rings. The maximum absolute atomic E-state index is 12.6. The molecule has 0 aliphatic carbocycles. The summed E-state index contributed by atoms with van der Waals surface area (Å²) in [6.45, 7) is 5.42. The Bertz CT molecular complexity index is 780. The number of esters is 1. The third-order valence-corrected chi connectivity index (χ3v) is 4.12. The Kier molecular flexibility index (Phi) is 6.50. The Hall–Kier alpha value is -1.55. The number of halogens is 3. The van der Waals surface area contributed by atoms with Gasteiger partial charge in [0.25, 0.3) is 0 Å². The molecule has 2 rings (SSSR count). The van der Waals surface area contributed by atoms with Crippen LogP contribution in [0.15, 0.2) is 47.5 Å². The molecular weight excluding hydrogens is 381 g/mol. The highest BCUT2D eigenvalue weighted by Gasteiger charge is 2.26. The molecule has 0 aliphatic rings. The van der Waals surface area contributed by atoms with Gasteiger partial charge in [-0.25, -0.2) is 4.79 Å². The molecule has 0 radical (unpaired) electrons. The monoisotopic (exact) mass is 397 g/mol. The van der Waals surface area contributed by atoms with E-state index in [0.29, 0.717) is 20.6 Å². The van der Waals surface area contributed by atoms with Crippen molar-refractivity contribution in [3.05, 3.63) is 68.7 Å². The number of nitrogens with zero attached hydrogens (tertiary/aromatic N) is 1. The summed E-state index contributed by atoms with van der Waals surface area (Å²) in [4.78, 5) is 17.0. The standard InChI is InChI=1S/C19H18Cl3NO2/c1-19(2,3)25-18(24)17(13-6-9-15(21)16(22)10-13)23-11-12-4-7-14(20)8-5-12/h4-11,17H,1-3H3. The summed E-state index contributed by atoms with van der Waals surface area (Å²) in [5.41, 5.74) is 0.799. The molecule has 0 heterocycles. The first-order valence-electron chi connectivity index (χ1n) is 7.62. The van der Waals surface area contributed by atoms with E-state index in [0.717, 1.165) is 5.56 Å². The number of carbonyl (C=O) groups excluding carboxylic acids is 1. The van der Waals surface area contributed by atoms with Gasteiger partial charge in [0.05, 0.1) is 10.0 Å². The lowest BCUT2D eigenvalue weighted by molar-refractivity contribution is -0.156. The SMILES string of the molecule is CC(C)(C)OC(=O)C(N=Cc1ccc(Cl)cc1)c1ccc(Cl)c(Cl)c1. The van der Waals surface area contributed by atoms with Gasteiger partial charge in [-0.15, -0.1) is 0 Å². The largest absolute Gasteiger partial charge is 0.458 e. The van der Waals surface area contributed by atoms with Crippen LogP contribution >= 0.6 is 34.8 Å². The predicted octanol–water partition coefficient (Wildman–Crippen LogP) is 6.15. The van der Waals surface area contributed by atoms with Gasteiger partial charge in [-0.05, 0) is 56.2 Å². The molecule has 0 N–H and O–H groups in total. The Balaban J connectivity index is 2.35. The van der Waals surface area contributed by atoms with Crippen molar-refractivity contribution >= 4 is 47.0 Å². The zero-order chi connectivity index (χ0) is 18.6. The van der Waals surface area contributed by atoms with E-state index in [4.69, 9.17) is 39.5 Å². The maximum atomic E-state index is 12.6. The summed E-state index contributed by atoms with van der Waals surface area (Å²) in [5, 5.41) is 1.40. The third-order valence-electron chi connectivity index (χ3n) is 3.13. The van der Waals surface area contributed by atoms with Crippen LogP contribution in [0.5, 0.6) is 0 Å². The molecule has 132 valence electrons. The van der Waals surface area contributed by atoms with Gasteiger partial charge in [-0.2, -0.15) is 0 Å². The third kappa shape index (κ3) is 6.03. The quantitative estimate of drug-likeness (QED) is 0.457. The molecule has 0 bridgehead atoms. The highest BCUT2D eigenvalue weighted by atomic mass is 35.5. The number of hydrogen-bond donors (Lipinski definition) is 0. The van der Waals surface area contributed by atoms with E-state index in [1.165, 1.54) is 0 Å². The van der Waals surface area contributed by atoms with Crippen molar-refractivity contribution in [1.29, 1.82) is 0 Å². The fraction of sp³-hybridized carbons (Fsp3) is 0.263. The van der Waals surface area contributed by atoms with Crippen LogP contribution < -0.4 is 0 Å². The minimum absolute atomic E-state index is 0.356. The molecule has 0 saturated carbocycles. The molecule has 6 heteroatoms. The topological polar surface area (TPSA) is 38.7 Å². The van der Waals surface area contributed by atoms with E-state index >= 15 is 0 Å². The van der Waals surface area contributed by atoms with Crippen molar-refractivity contribution in [3.63, 3.8) is 0 Å². The molecule has 2 aromatic rings. The molecule has 1 unspecified atom stereocenters. The van der Waals surface area contributed by atoms with Crippen LogP contribution in [0.25, 0.3) is 0 Å². The molecule has 0 aromatic heterocycles. The van der Waals surface area contributed by atoms with Crippen LogP contribution in [0.2, 0.25) is 15.1 Å². The number of benzene rings is 2. The van der Waals surface area contributed by atoms with Crippen molar-refractivity contribution in [2.75, 3.05) is 0 Å². The van der Waals surface area contributed by atoms with Gasteiger partial charge < -0.3 is 4.74 Å². The lowest BCUT2D eigenvalue weighted by Gasteiger charge is -2.22. The van der Waals surface area contributed by atoms with E-state index in [2.05, 4.69) is 4.99 Å². The predicted molar refractivity (Wildman–Crippen MR) is 104 cm³/mol. The molecule has 2 aromatic carbocycles. The van der Waals surface area contributed by atoms with Gasteiger partial charge >= 0.3 is 5.97 Å². The number of hydrogen-bond acceptors (Lipinski definition) is 3. The van der Waals surface area contributed by atoms with Crippen molar-refractivity contribution in [2.24, 2.45) is 4.99 Å². The Labute approximate surface area is 162 Å². The van der Waals surface area contributed by atoms with Crippen LogP contribution in [-0.2, 0) is 9.53 Å². The summed E-state index contributed by atoms with van der Waals surface area (Å²) >= 11 is 17.9. The highest BCUT2D eigenvalue weighted by Crippen LogP contribution is 2.29. The lowest BCUT2D eigenvalue weighted by Crippen LogP contribution is -2.27. The fourth-order valence-corrected chi connectivity index (χ4v) is 2.47. The van der Waals surface area contributed by atoms with Gasteiger partial charge in [0.2, 0.25) is 0 Å². The number of rotatable bonds is 4. The van der Waals surface area contributed by atoms with E-state index in [1.54, 1.807) is 57.3 Å². The van der Waals surface area contributed by atoms with Gasteiger partial charge in [0.1, 0.15) is 5.60 Å². The zero-order valence-corrected chi connectivity index (χ0v) is 16.4. The summed E-state index contributed by atoms with van der Waals surface area (Å²) in [6.07, 6.45) is 1.60. The smallest absolute Gasteiger partial charge is 0.336 e. The number of aliphatic imine (C=N–C) groups is 1. The average molecular weight is 399 g/mol. The van der Waals surface area contributed by atoms with Gasteiger partial charge in [-0.3, -0.25) is 4.99 Å². The van der Waals surface area contributed by atoms with E-state index in [-0.39, 0.29) is 0 Å². The molecule has 25 heavy (non-hydrogen) atoms. The number of carbonyl (C=O) groups is 1. The summed E-state index contributed by atoms with van der Waals surface area (Å²) in [5.74, 6) is -0.462. The van der Waals surface area contributed by atoms with Crippen molar-refractivity contribution in [1.82, 2.24) is 0 Å². The second-order valence-corrected chi connectivity index (χ2v) is 7.69.